The van der Waals surface area contributed by atoms with Gasteiger partial charge in [-0.3, -0.25) is 0 Å². The molecule has 1 aliphatic rings. The van der Waals surface area contributed by atoms with Gasteiger partial charge in [-0.25, -0.2) is 0 Å². The van der Waals surface area contributed by atoms with Crippen LogP contribution in [0, 0.1) is 0 Å². The molecule has 0 heterocycles. The van der Waals surface area contributed by atoms with Gasteiger partial charge in [0.2, 0.25) is 0 Å². The Balaban J connectivity index is 1.96. The zero-order valence-corrected chi connectivity index (χ0v) is 12.0. The van der Waals surface area contributed by atoms with Crippen LogP contribution in [0.1, 0.15) is 30.4 Å². The van der Waals surface area contributed by atoms with Gasteiger partial charge in [0.1, 0.15) is 0 Å². The number of thioether (sulfide) groups is 1. The number of amidine groups is 1. The Kier molecular flexibility index (Phi) is 5.10. The maximum absolute atomic E-state index is 8.80. The maximum atomic E-state index is 8.80. The van der Waals surface area contributed by atoms with Crippen molar-refractivity contribution in [3.8, 4) is 0 Å². The summed E-state index contributed by atoms with van der Waals surface area (Å²) in [4.78, 5) is 0. The molecule has 5 heteroatoms. The summed E-state index contributed by atoms with van der Waals surface area (Å²) in [6.45, 7) is 0.762. The number of nitrogens with one attached hydrogen (secondary N) is 1. The van der Waals surface area contributed by atoms with Crippen LogP contribution in [0.2, 0.25) is 0 Å². The molecule has 1 aliphatic carbocycles. The van der Waals surface area contributed by atoms with E-state index in [0.717, 1.165) is 22.9 Å². The Labute approximate surface area is 118 Å². The van der Waals surface area contributed by atoms with Gasteiger partial charge < -0.3 is 16.3 Å². The molecule has 1 fully saturated rings. The van der Waals surface area contributed by atoms with Gasteiger partial charge in [-0.05, 0) is 31.1 Å². The van der Waals surface area contributed by atoms with Crippen LogP contribution in [0.15, 0.2) is 29.4 Å². The van der Waals surface area contributed by atoms with Crippen LogP contribution >= 0.6 is 11.8 Å². The molecule has 4 N–H and O–H groups in total. The van der Waals surface area contributed by atoms with Crippen molar-refractivity contribution in [2.24, 2.45) is 10.9 Å². The molecule has 0 aromatic heterocycles. The van der Waals surface area contributed by atoms with E-state index in [0.29, 0.717) is 6.04 Å². The molecular weight excluding hydrogens is 258 g/mol. The first-order valence-corrected chi connectivity index (χ1v) is 7.85. The lowest BCUT2D eigenvalue weighted by atomic mass is 10.1. The summed E-state index contributed by atoms with van der Waals surface area (Å²) in [5.74, 6) is 0.172. The van der Waals surface area contributed by atoms with Crippen molar-refractivity contribution < 1.29 is 5.21 Å². The average molecular weight is 279 g/mol. The van der Waals surface area contributed by atoms with E-state index in [-0.39, 0.29) is 5.84 Å². The third-order valence-corrected chi connectivity index (χ3v) is 4.79. The van der Waals surface area contributed by atoms with E-state index in [9.17, 15) is 0 Å². The molecule has 1 aromatic rings. The second kappa shape index (κ2) is 6.82. The van der Waals surface area contributed by atoms with E-state index in [4.69, 9.17) is 10.9 Å². The fraction of sp³-hybridized carbons (Fsp3) is 0.500. The first kappa shape index (κ1) is 14.2. The Morgan fingerprint density at radius 2 is 2.26 bits per heavy atom. The highest BCUT2D eigenvalue weighted by Crippen LogP contribution is 2.28. The van der Waals surface area contributed by atoms with Crippen molar-refractivity contribution in [1.29, 1.82) is 0 Å². The molecule has 0 saturated heterocycles. The quantitative estimate of drug-likeness (QED) is 0.334. The van der Waals surface area contributed by atoms with Crippen LogP contribution in [0.3, 0.4) is 0 Å². The highest BCUT2D eigenvalue weighted by atomic mass is 32.2. The van der Waals surface area contributed by atoms with E-state index in [1.807, 2.05) is 36.0 Å². The van der Waals surface area contributed by atoms with Gasteiger partial charge in [0.25, 0.3) is 0 Å². The molecule has 104 valence electrons. The van der Waals surface area contributed by atoms with Crippen LogP contribution in [0.5, 0.6) is 0 Å². The first-order chi connectivity index (χ1) is 9.24. The van der Waals surface area contributed by atoms with Crippen molar-refractivity contribution in [1.82, 2.24) is 5.32 Å². The van der Waals surface area contributed by atoms with Crippen LogP contribution in [-0.2, 0) is 6.54 Å². The van der Waals surface area contributed by atoms with E-state index in [1.165, 1.54) is 19.3 Å². The van der Waals surface area contributed by atoms with E-state index in [2.05, 4.69) is 16.7 Å². The van der Waals surface area contributed by atoms with Gasteiger partial charge in [-0.15, -0.1) is 0 Å². The lowest BCUT2D eigenvalue weighted by Gasteiger charge is -2.14. The number of benzene rings is 1. The van der Waals surface area contributed by atoms with Crippen LogP contribution in [0.4, 0.5) is 0 Å². The molecule has 2 atom stereocenters. The highest BCUT2D eigenvalue weighted by molar-refractivity contribution is 7.99. The number of hydrogen-bond acceptors (Lipinski definition) is 4. The minimum absolute atomic E-state index is 0.172. The average Bonchev–Trinajstić information content (AvgIpc) is 2.92. The van der Waals surface area contributed by atoms with Gasteiger partial charge in [-0.2, -0.15) is 11.8 Å². The number of rotatable bonds is 5. The molecular formula is C14H21N3OS. The smallest absolute Gasteiger partial charge is 0.170 e. The van der Waals surface area contributed by atoms with E-state index >= 15 is 0 Å². The Hall–Kier alpha value is -1.20. The Morgan fingerprint density at radius 1 is 1.47 bits per heavy atom. The summed E-state index contributed by atoms with van der Waals surface area (Å²) >= 11 is 1.96. The molecule has 4 nitrogen and oxygen atoms in total. The summed E-state index contributed by atoms with van der Waals surface area (Å²) < 4.78 is 0. The van der Waals surface area contributed by atoms with Crippen LogP contribution in [0.25, 0.3) is 0 Å². The fourth-order valence-corrected chi connectivity index (χ4v) is 3.37. The molecule has 1 aromatic carbocycles. The van der Waals surface area contributed by atoms with Gasteiger partial charge in [-0.1, -0.05) is 29.4 Å². The highest BCUT2D eigenvalue weighted by Gasteiger charge is 2.23. The minimum atomic E-state index is 0.172. The molecule has 2 rings (SSSR count). The van der Waals surface area contributed by atoms with Gasteiger partial charge in [0, 0.05) is 23.4 Å². The summed E-state index contributed by atoms with van der Waals surface area (Å²) in [7, 11) is 0. The third-order valence-electron chi connectivity index (χ3n) is 3.70. The van der Waals surface area contributed by atoms with Gasteiger partial charge in [0.15, 0.2) is 5.84 Å². The van der Waals surface area contributed by atoms with E-state index < -0.39 is 0 Å². The molecule has 19 heavy (non-hydrogen) atoms. The third kappa shape index (κ3) is 3.64. The molecule has 0 bridgehead atoms. The zero-order chi connectivity index (χ0) is 13.7. The normalized spacial score (nSPS) is 23.7. The number of nitrogens with two attached hydrogens (primary N) is 1. The largest absolute Gasteiger partial charge is 0.409 e. The zero-order valence-electron chi connectivity index (χ0n) is 11.2. The monoisotopic (exact) mass is 279 g/mol. The Bertz CT molecular complexity index is 450. The standard InChI is InChI=1S/C14H21N3OS/c1-19-12-7-6-11(8-12)16-9-10-4-2-3-5-13(10)14(15)17-18/h2-5,11-12,16,18H,6-9H2,1H3,(H2,15,17). The van der Waals surface area contributed by atoms with Crippen molar-refractivity contribution >= 4 is 17.6 Å². The molecule has 2 unspecified atom stereocenters. The van der Waals surface area contributed by atoms with Crippen LogP contribution < -0.4 is 11.1 Å². The van der Waals surface area contributed by atoms with Gasteiger partial charge in [0.05, 0.1) is 0 Å². The molecule has 0 radical (unpaired) electrons. The summed E-state index contributed by atoms with van der Waals surface area (Å²) in [6.07, 6.45) is 5.94. The number of oxime groups is 1. The molecule has 0 spiro atoms. The number of nitrogens with zero attached hydrogens (tertiary/aromatic N) is 1. The fourth-order valence-electron chi connectivity index (χ4n) is 2.57. The minimum Gasteiger partial charge on any atom is -0.409 e. The lowest BCUT2D eigenvalue weighted by molar-refractivity contribution is 0.318. The molecule has 0 aliphatic heterocycles. The van der Waals surface area contributed by atoms with Crippen molar-refractivity contribution in [2.75, 3.05) is 6.26 Å². The predicted molar refractivity (Wildman–Crippen MR) is 80.7 cm³/mol. The summed E-state index contributed by atoms with van der Waals surface area (Å²) in [6, 6.07) is 8.35. The van der Waals surface area contributed by atoms with Crippen molar-refractivity contribution in [3.63, 3.8) is 0 Å². The first-order valence-electron chi connectivity index (χ1n) is 6.56. The van der Waals surface area contributed by atoms with E-state index in [1.54, 1.807) is 0 Å². The molecule has 1 saturated carbocycles. The van der Waals surface area contributed by atoms with Gasteiger partial charge >= 0.3 is 0 Å². The SMILES string of the molecule is CSC1CCC(NCc2ccccc2/C(N)=N/O)C1. The number of hydrogen-bond donors (Lipinski definition) is 3. The maximum Gasteiger partial charge on any atom is 0.170 e. The summed E-state index contributed by atoms with van der Waals surface area (Å²) in [5, 5.41) is 16.3. The predicted octanol–water partition coefficient (Wildman–Crippen LogP) is 2.15. The second-order valence-electron chi connectivity index (χ2n) is 4.89. The Morgan fingerprint density at radius 3 is 2.95 bits per heavy atom. The van der Waals surface area contributed by atoms with Crippen molar-refractivity contribution in [3.05, 3.63) is 35.4 Å². The van der Waals surface area contributed by atoms with Crippen LogP contribution in [-0.4, -0.2) is 28.6 Å². The van der Waals surface area contributed by atoms with Crippen molar-refractivity contribution in [2.45, 2.75) is 37.1 Å². The molecule has 0 amide bonds. The topological polar surface area (TPSA) is 70.6 Å². The summed E-state index contributed by atoms with van der Waals surface area (Å²) in [5.41, 5.74) is 7.57. The lowest BCUT2D eigenvalue weighted by Crippen LogP contribution is -2.27. The second-order valence-corrected chi connectivity index (χ2v) is 6.03.